The van der Waals surface area contributed by atoms with Crippen LogP contribution in [0.5, 0.6) is 5.75 Å². The van der Waals surface area contributed by atoms with Gasteiger partial charge in [-0.3, -0.25) is 4.99 Å². The molecule has 6 heteroatoms. The van der Waals surface area contributed by atoms with E-state index in [-0.39, 0.29) is 24.0 Å². The van der Waals surface area contributed by atoms with E-state index in [4.69, 9.17) is 14.5 Å². The first kappa shape index (κ1) is 22.3. The Morgan fingerprint density at radius 3 is 2.74 bits per heavy atom. The van der Waals surface area contributed by atoms with Gasteiger partial charge in [0.25, 0.3) is 0 Å². The molecule has 3 rings (SSSR count). The first-order valence-electron chi connectivity index (χ1n) is 10.1. The van der Waals surface area contributed by atoms with E-state index >= 15 is 0 Å². The predicted molar refractivity (Wildman–Crippen MR) is 121 cm³/mol. The second kappa shape index (κ2) is 11.7. The fourth-order valence-electron chi connectivity index (χ4n) is 3.79. The molecule has 1 aromatic carbocycles. The van der Waals surface area contributed by atoms with Crippen molar-refractivity contribution < 1.29 is 9.47 Å². The third kappa shape index (κ3) is 6.52. The number of aliphatic imine (C=N–C) groups is 1. The SMILES string of the molecule is CCNC(=NCC1CCOc2ccccc21)N(C)CCC1CCOCC1.I. The Morgan fingerprint density at radius 2 is 1.96 bits per heavy atom. The quantitative estimate of drug-likeness (QED) is 0.376. The highest BCUT2D eigenvalue weighted by molar-refractivity contribution is 14.0. The molecule has 2 heterocycles. The van der Waals surface area contributed by atoms with E-state index in [1.807, 2.05) is 6.07 Å². The fraction of sp³-hybridized carbons (Fsp3) is 0.667. The van der Waals surface area contributed by atoms with Crippen LogP contribution in [-0.4, -0.2) is 57.4 Å². The number of nitrogens with zero attached hydrogens (tertiary/aromatic N) is 2. The first-order valence-corrected chi connectivity index (χ1v) is 10.1. The van der Waals surface area contributed by atoms with Gasteiger partial charge in [0, 0.05) is 45.8 Å². The molecule has 0 spiro atoms. The summed E-state index contributed by atoms with van der Waals surface area (Å²) >= 11 is 0. The number of ether oxygens (including phenoxy) is 2. The molecule has 1 N–H and O–H groups in total. The summed E-state index contributed by atoms with van der Waals surface area (Å²) in [5.41, 5.74) is 1.29. The Balaban J connectivity index is 0.00000261. The van der Waals surface area contributed by atoms with Crippen molar-refractivity contribution in [1.82, 2.24) is 10.2 Å². The minimum atomic E-state index is 0. The van der Waals surface area contributed by atoms with Crippen molar-refractivity contribution in [2.75, 3.05) is 46.5 Å². The number of fused-ring (bicyclic) bond motifs is 1. The van der Waals surface area contributed by atoms with Gasteiger partial charge in [-0.25, -0.2) is 0 Å². The molecule has 0 radical (unpaired) electrons. The number of halogens is 1. The van der Waals surface area contributed by atoms with Crippen LogP contribution in [0, 0.1) is 5.92 Å². The molecule has 5 nitrogen and oxygen atoms in total. The molecule has 152 valence electrons. The third-order valence-corrected chi connectivity index (χ3v) is 5.45. The van der Waals surface area contributed by atoms with Gasteiger partial charge in [0.2, 0.25) is 0 Å². The van der Waals surface area contributed by atoms with Gasteiger partial charge in [-0.15, -0.1) is 24.0 Å². The molecular weight excluding hydrogens is 453 g/mol. The summed E-state index contributed by atoms with van der Waals surface area (Å²) < 4.78 is 11.2. The van der Waals surface area contributed by atoms with E-state index in [9.17, 15) is 0 Å². The minimum absolute atomic E-state index is 0. The lowest BCUT2D eigenvalue weighted by Crippen LogP contribution is -2.40. The Morgan fingerprint density at radius 1 is 1.19 bits per heavy atom. The molecule has 1 unspecified atom stereocenters. The largest absolute Gasteiger partial charge is 0.493 e. The number of guanidine groups is 1. The van der Waals surface area contributed by atoms with Crippen LogP contribution >= 0.6 is 24.0 Å². The monoisotopic (exact) mass is 487 g/mol. The van der Waals surface area contributed by atoms with Crippen LogP contribution in [0.25, 0.3) is 0 Å². The van der Waals surface area contributed by atoms with Crippen LogP contribution in [0.15, 0.2) is 29.3 Å². The van der Waals surface area contributed by atoms with E-state index in [0.29, 0.717) is 5.92 Å². The average Bonchev–Trinajstić information content (AvgIpc) is 2.70. The number of nitrogens with one attached hydrogen (secondary N) is 1. The molecule has 0 saturated carbocycles. The van der Waals surface area contributed by atoms with Gasteiger partial charge in [-0.2, -0.15) is 0 Å². The van der Waals surface area contributed by atoms with Gasteiger partial charge < -0.3 is 19.7 Å². The number of hydrogen-bond donors (Lipinski definition) is 1. The zero-order chi connectivity index (χ0) is 18.2. The summed E-state index contributed by atoms with van der Waals surface area (Å²) in [6.07, 6.45) is 4.64. The Labute approximate surface area is 180 Å². The van der Waals surface area contributed by atoms with Gasteiger partial charge in [0.05, 0.1) is 6.61 Å². The van der Waals surface area contributed by atoms with Gasteiger partial charge in [0.1, 0.15) is 5.75 Å². The molecule has 0 aliphatic carbocycles. The highest BCUT2D eigenvalue weighted by atomic mass is 127. The van der Waals surface area contributed by atoms with Crippen molar-refractivity contribution >= 4 is 29.9 Å². The van der Waals surface area contributed by atoms with E-state index in [1.165, 1.54) is 24.8 Å². The van der Waals surface area contributed by atoms with Crippen LogP contribution in [0.3, 0.4) is 0 Å². The van der Waals surface area contributed by atoms with Crippen LogP contribution < -0.4 is 10.1 Å². The molecule has 27 heavy (non-hydrogen) atoms. The maximum absolute atomic E-state index is 5.78. The fourth-order valence-corrected chi connectivity index (χ4v) is 3.79. The van der Waals surface area contributed by atoms with Gasteiger partial charge >= 0.3 is 0 Å². The van der Waals surface area contributed by atoms with Crippen molar-refractivity contribution in [3.05, 3.63) is 29.8 Å². The maximum atomic E-state index is 5.78. The Kier molecular flexibility index (Phi) is 9.68. The average molecular weight is 487 g/mol. The molecule has 1 saturated heterocycles. The summed E-state index contributed by atoms with van der Waals surface area (Å²) in [6, 6.07) is 8.38. The highest BCUT2D eigenvalue weighted by Gasteiger charge is 2.21. The number of hydrogen-bond acceptors (Lipinski definition) is 3. The Bertz CT molecular complexity index is 591. The van der Waals surface area contributed by atoms with Gasteiger partial charge in [-0.05, 0) is 50.2 Å². The zero-order valence-corrected chi connectivity index (χ0v) is 19.0. The van der Waals surface area contributed by atoms with E-state index < -0.39 is 0 Å². The van der Waals surface area contributed by atoms with Gasteiger partial charge in [-0.1, -0.05) is 18.2 Å². The lowest BCUT2D eigenvalue weighted by Gasteiger charge is -2.28. The van der Waals surface area contributed by atoms with Crippen molar-refractivity contribution in [2.24, 2.45) is 10.9 Å². The summed E-state index contributed by atoms with van der Waals surface area (Å²) in [6.45, 7) is 7.51. The van der Waals surface area contributed by atoms with E-state index in [0.717, 1.165) is 63.5 Å². The molecule has 1 atom stereocenters. The van der Waals surface area contributed by atoms with Gasteiger partial charge in [0.15, 0.2) is 5.96 Å². The topological polar surface area (TPSA) is 46.1 Å². The number of rotatable bonds is 6. The summed E-state index contributed by atoms with van der Waals surface area (Å²) in [4.78, 5) is 7.23. The molecule has 1 aromatic rings. The third-order valence-electron chi connectivity index (χ3n) is 5.45. The second-order valence-corrected chi connectivity index (χ2v) is 7.33. The normalized spacial score (nSPS) is 20.2. The molecule has 0 bridgehead atoms. The zero-order valence-electron chi connectivity index (χ0n) is 16.7. The van der Waals surface area contributed by atoms with Crippen molar-refractivity contribution in [1.29, 1.82) is 0 Å². The van der Waals surface area contributed by atoms with Crippen LogP contribution in [0.4, 0.5) is 0 Å². The van der Waals surface area contributed by atoms with Crippen molar-refractivity contribution in [3.8, 4) is 5.75 Å². The summed E-state index contributed by atoms with van der Waals surface area (Å²) in [7, 11) is 2.15. The predicted octanol–water partition coefficient (Wildman–Crippen LogP) is 3.88. The van der Waals surface area contributed by atoms with E-state index in [1.54, 1.807) is 0 Å². The molecule has 1 fully saturated rings. The number of benzene rings is 1. The molecular formula is C21H34IN3O2. The lowest BCUT2D eigenvalue weighted by molar-refractivity contribution is 0.0625. The van der Waals surface area contributed by atoms with Crippen LogP contribution in [-0.2, 0) is 4.74 Å². The lowest BCUT2D eigenvalue weighted by atomic mass is 9.93. The number of para-hydroxylation sites is 1. The molecule has 0 amide bonds. The smallest absolute Gasteiger partial charge is 0.193 e. The summed E-state index contributed by atoms with van der Waals surface area (Å²) in [5.74, 6) is 3.27. The molecule has 0 aromatic heterocycles. The standard InChI is InChI=1S/C21H33N3O2.HI/c1-3-22-21(24(2)12-8-17-9-13-25-14-10-17)23-16-18-11-15-26-20-7-5-4-6-19(18)20;/h4-7,17-18H,3,8-16H2,1-2H3,(H,22,23);1H. The Hall–Kier alpha value is -1.02. The molecule has 2 aliphatic rings. The van der Waals surface area contributed by atoms with Crippen molar-refractivity contribution in [2.45, 2.75) is 38.5 Å². The summed E-state index contributed by atoms with van der Waals surface area (Å²) in [5, 5.41) is 3.45. The maximum Gasteiger partial charge on any atom is 0.193 e. The highest BCUT2D eigenvalue weighted by Crippen LogP contribution is 2.33. The second-order valence-electron chi connectivity index (χ2n) is 7.33. The van der Waals surface area contributed by atoms with E-state index in [2.05, 4.69) is 42.4 Å². The van der Waals surface area contributed by atoms with Crippen molar-refractivity contribution in [3.63, 3.8) is 0 Å². The minimum Gasteiger partial charge on any atom is -0.493 e. The first-order chi connectivity index (χ1) is 12.8. The molecule has 2 aliphatic heterocycles. The van der Waals surface area contributed by atoms with Crippen LogP contribution in [0.2, 0.25) is 0 Å². The van der Waals surface area contributed by atoms with Crippen LogP contribution in [0.1, 0.15) is 44.1 Å².